The molecule has 0 saturated heterocycles. The molecule has 1 aromatic rings. The zero-order valence-corrected chi connectivity index (χ0v) is 13.1. The molecule has 0 spiro atoms. The Bertz CT molecular complexity index is 556. The van der Waals surface area contributed by atoms with Crippen molar-refractivity contribution in [2.75, 3.05) is 32.8 Å². The summed E-state index contributed by atoms with van der Waals surface area (Å²) in [5.74, 6) is 0.156. The molecule has 1 amide bonds. The number of carbonyl (C=O) groups excluding carboxylic acids is 1. The van der Waals surface area contributed by atoms with Crippen LogP contribution in [0.2, 0.25) is 0 Å². The normalized spacial score (nSPS) is 14.0. The van der Waals surface area contributed by atoms with Gasteiger partial charge in [0, 0.05) is 31.7 Å². The Labute approximate surface area is 130 Å². The maximum atomic E-state index is 14.1. The summed E-state index contributed by atoms with van der Waals surface area (Å²) in [5, 5.41) is 3.14. The summed E-state index contributed by atoms with van der Waals surface area (Å²) in [6, 6.07) is 4.67. The SMILES string of the molecule is CCN(CC)C(=O)COc1ccc(C2=NCCCN2)cc1F. The fourth-order valence-electron chi connectivity index (χ4n) is 2.30. The number of hydrogen-bond acceptors (Lipinski definition) is 4. The van der Waals surface area contributed by atoms with E-state index in [1.807, 2.05) is 13.8 Å². The van der Waals surface area contributed by atoms with Crippen LogP contribution in [0.3, 0.4) is 0 Å². The molecule has 120 valence electrons. The van der Waals surface area contributed by atoms with Crippen molar-refractivity contribution >= 4 is 11.7 Å². The van der Waals surface area contributed by atoms with E-state index in [4.69, 9.17) is 4.74 Å². The smallest absolute Gasteiger partial charge is 0.260 e. The van der Waals surface area contributed by atoms with Crippen LogP contribution >= 0.6 is 0 Å². The summed E-state index contributed by atoms with van der Waals surface area (Å²) < 4.78 is 19.4. The highest BCUT2D eigenvalue weighted by atomic mass is 19.1. The molecule has 0 aliphatic carbocycles. The Morgan fingerprint density at radius 1 is 1.41 bits per heavy atom. The average Bonchev–Trinajstić information content (AvgIpc) is 2.55. The van der Waals surface area contributed by atoms with Crippen molar-refractivity contribution < 1.29 is 13.9 Å². The van der Waals surface area contributed by atoms with E-state index >= 15 is 0 Å². The van der Waals surface area contributed by atoms with Crippen molar-refractivity contribution in [2.45, 2.75) is 20.3 Å². The number of nitrogens with zero attached hydrogens (tertiary/aromatic N) is 2. The molecule has 1 heterocycles. The standard InChI is InChI=1S/C16H22FN3O2/c1-3-20(4-2)15(21)11-22-14-7-6-12(10-13(14)17)16-18-8-5-9-19-16/h6-7,10H,3-5,8-9,11H2,1-2H3,(H,18,19). The molecule has 6 heteroatoms. The van der Waals surface area contributed by atoms with Crippen molar-refractivity contribution in [1.29, 1.82) is 0 Å². The largest absolute Gasteiger partial charge is 0.481 e. The van der Waals surface area contributed by atoms with Gasteiger partial charge in [-0.1, -0.05) is 0 Å². The van der Waals surface area contributed by atoms with Crippen molar-refractivity contribution in [1.82, 2.24) is 10.2 Å². The van der Waals surface area contributed by atoms with Crippen LogP contribution in [0, 0.1) is 5.82 Å². The fraction of sp³-hybridized carbons (Fsp3) is 0.500. The third-order valence-corrected chi connectivity index (χ3v) is 3.57. The second-order valence-corrected chi connectivity index (χ2v) is 5.01. The van der Waals surface area contributed by atoms with E-state index in [-0.39, 0.29) is 18.3 Å². The van der Waals surface area contributed by atoms with Crippen LogP contribution in [0.5, 0.6) is 5.75 Å². The number of amidine groups is 1. The highest BCUT2D eigenvalue weighted by Crippen LogP contribution is 2.19. The molecular formula is C16H22FN3O2. The summed E-state index contributed by atoms with van der Waals surface area (Å²) >= 11 is 0. The molecule has 0 fully saturated rings. The van der Waals surface area contributed by atoms with E-state index in [9.17, 15) is 9.18 Å². The molecule has 1 aliphatic rings. The van der Waals surface area contributed by atoms with Crippen LogP contribution in [-0.2, 0) is 4.79 Å². The second kappa shape index (κ2) is 7.77. The Morgan fingerprint density at radius 2 is 2.18 bits per heavy atom. The number of aliphatic imine (C=N–C) groups is 1. The molecule has 0 atom stereocenters. The first-order valence-corrected chi connectivity index (χ1v) is 7.64. The minimum atomic E-state index is -0.486. The number of rotatable bonds is 6. The molecular weight excluding hydrogens is 285 g/mol. The van der Waals surface area contributed by atoms with Crippen molar-refractivity contribution in [3.05, 3.63) is 29.6 Å². The highest BCUT2D eigenvalue weighted by molar-refractivity contribution is 5.99. The third kappa shape index (κ3) is 3.96. The predicted octanol–water partition coefficient (Wildman–Crippen LogP) is 1.81. The van der Waals surface area contributed by atoms with Gasteiger partial charge in [0.1, 0.15) is 5.84 Å². The van der Waals surface area contributed by atoms with Gasteiger partial charge in [-0.05, 0) is 38.5 Å². The molecule has 0 unspecified atom stereocenters. The number of ether oxygens (including phenoxy) is 1. The van der Waals surface area contributed by atoms with Crippen LogP contribution in [-0.4, -0.2) is 49.4 Å². The second-order valence-electron chi connectivity index (χ2n) is 5.01. The maximum absolute atomic E-state index is 14.1. The molecule has 1 N–H and O–H groups in total. The summed E-state index contributed by atoms with van der Waals surface area (Å²) in [6.07, 6.45) is 0.987. The number of nitrogens with one attached hydrogen (secondary N) is 1. The lowest BCUT2D eigenvalue weighted by atomic mass is 10.1. The van der Waals surface area contributed by atoms with Gasteiger partial charge >= 0.3 is 0 Å². The zero-order chi connectivity index (χ0) is 15.9. The molecule has 1 aliphatic heterocycles. The van der Waals surface area contributed by atoms with E-state index in [2.05, 4.69) is 10.3 Å². The van der Waals surface area contributed by atoms with Gasteiger partial charge in [-0.25, -0.2) is 4.39 Å². The van der Waals surface area contributed by atoms with E-state index in [1.54, 1.807) is 17.0 Å². The lowest BCUT2D eigenvalue weighted by Gasteiger charge is -2.19. The fourth-order valence-corrected chi connectivity index (χ4v) is 2.30. The number of amides is 1. The maximum Gasteiger partial charge on any atom is 0.260 e. The van der Waals surface area contributed by atoms with Crippen molar-refractivity contribution in [3.8, 4) is 5.75 Å². The molecule has 0 aromatic heterocycles. The Morgan fingerprint density at radius 3 is 2.77 bits per heavy atom. The van der Waals surface area contributed by atoms with E-state index in [0.717, 1.165) is 19.5 Å². The lowest BCUT2D eigenvalue weighted by Crippen LogP contribution is -2.34. The van der Waals surface area contributed by atoms with Crippen LogP contribution in [0.15, 0.2) is 23.2 Å². The summed E-state index contributed by atoms with van der Waals surface area (Å²) in [7, 11) is 0. The first-order chi connectivity index (χ1) is 10.7. The zero-order valence-electron chi connectivity index (χ0n) is 13.1. The first-order valence-electron chi connectivity index (χ1n) is 7.64. The monoisotopic (exact) mass is 307 g/mol. The summed E-state index contributed by atoms with van der Waals surface area (Å²) in [5.41, 5.74) is 0.694. The summed E-state index contributed by atoms with van der Waals surface area (Å²) in [6.45, 7) is 6.47. The Hall–Kier alpha value is -2.11. The number of likely N-dealkylation sites (N-methyl/N-ethyl adjacent to an activating group) is 1. The molecule has 5 nitrogen and oxygen atoms in total. The predicted molar refractivity (Wildman–Crippen MR) is 83.8 cm³/mol. The van der Waals surface area contributed by atoms with E-state index < -0.39 is 5.82 Å². The van der Waals surface area contributed by atoms with Gasteiger partial charge in [0.2, 0.25) is 0 Å². The van der Waals surface area contributed by atoms with Gasteiger partial charge in [0.25, 0.3) is 5.91 Å². The number of benzene rings is 1. The molecule has 22 heavy (non-hydrogen) atoms. The van der Waals surface area contributed by atoms with E-state index in [0.29, 0.717) is 24.5 Å². The van der Waals surface area contributed by atoms with Gasteiger partial charge < -0.3 is 15.0 Å². The molecule has 0 radical (unpaired) electrons. The topological polar surface area (TPSA) is 53.9 Å². The number of hydrogen-bond donors (Lipinski definition) is 1. The van der Waals surface area contributed by atoms with Crippen molar-refractivity contribution in [3.63, 3.8) is 0 Å². The van der Waals surface area contributed by atoms with Crippen LogP contribution in [0.4, 0.5) is 4.39 Å². The van der Waals surface area contributed by atoms with Gasteiger partial charge in [-0.15, -0.1) is 0 Å². The number of halogens is 1. The molecule has 1 aromatic carbocycles. The van der Waals surface area contributed by atoms with Crippen LogP contribution in [0.1, 0.15) is 25.8 Å². The average molecular weight is 307 g/mol. The highest BCUT2D eigenvalue weighted by Gasteiger charge is 2.14. The van der Waals surface area contributed by atoms with Gasteiger partial charge in [-0.2, -0.15) is 0 Å². The van der Waals surface area contributed by atoms with Gasteiger partial charge in [0.15, 0.2) is 18.2 Å². The minimum Gasteiger partial charge on any atom is -0.481 e. The lowest BCUT2D eigenvalue weighted by molar-refractivity contribution is -0.133. The van der Waals surface area contributed by atoms with E-state index in [1.165, 1.54) is 6.07 Å². The van der Waals surface area contributed by atoms with Crippen LogP contribution < -0.4 is 10.1 Å². The summed E-state index contributed by atoms with van der Waals surface area (Å²) in [4.78, 5) is 17.8. The van der Waals surface area contributed by atoms with Crippen molar-refractivity contribution in [2.24, 2.45) is 4.99 Å². The Kier molecular flexibility index (Phi) is 5.75. The molecule has 0 bridgehead atoms. The third-order valence-electron chi connectivity index (χ3n) is 3.57. The Balaban J connectivity index is 2.01. The number of carbonyl (C=O) groups is 1. The first kappa shape index (κ1) is 16.3. The van der Waals surface area contributed by atoms with Crippen LogP contribution in [0.25, 0.3) is 0 Å². The van der Waals surface area contributed by atoms with Gasteiger partial charge in [0.05, 0.1) is 0 Å². The quantitative estimate of drug-likeness (QED) is 0.872. The van der Waals surface area contributed by atoms with Gasteiger partial charge in [-0.3, -0.25) is 9.79 Å². The minimum absolute atomic E-state index is 0.0839. The molecule has 0 saturated carbocycles. The molecule has 2 rings (SSSR count).